The van der Waals surface area contributed by atoms with Crippen molar-refractivity contribution in [3.8, 4) is 0 Å². The molecule has 0 atom stereocenters. The zero-order chi connectivity index (χ0) is 13.4. The van der Waals surface area contributed by atoms with Crippen LogP contribution >= 0.6 is 0 Å². The van der Waals surface area contributed by atoms with E-state index in [1.165, 1.54) is 0 Å². The maximum atomic E-state index is 11.7. The Kier molecular flexibility index (Phi) is 6.22. The van der Waals surface area contributed by atoms with Gasteiger partial charge in [0.15, 0.2) is 0 Å². The predicted molar refractivity (Wildman–Crippen MR) is 74.0 cm³/mol. The molecule has 0 saturated heterocycles. The molecule has 0 aromatic heterocycles. The highest BCUT2D eigenvalue weighted by Crippen LogP contribution is 2.13. The monoisotopic (exact) mass is 250 g/mol. The van der Waals surface area contributed by atoms with E-state index >= 15 is 0 Å². The minimum Gasteiger partial charge on any atom is -0.396 e. The standard InChI is InChI=1S/C14H22N2O2/c1-3-10-16(2)13-7-5-12(6-8-13)14(18)15-9-4-11-17/h5-8,17H,3-4,9-11H2,1-2H3,(H,15,18). The minimum absolute atomic E-state index is 0.0897. The quantitative estimate of drug-likeness (QED) is 0.723. The second-order valence-corrected chi connectivity index (χ2v) is 4.30. The lowest BCUT2D eigenvalue weighted by Crippen LogP contribution is -2.25. The topological polar surface area (TPSA) is 52.6 Å². The van der Waals surface area contributed by atoms with E-state index in [-0.39, 0.29) is 12.5 Å². The molecule has 1 aromatic rings. The number of hydrogen-bond acceptors (Lipinski definition) is 3. The number of hydrogen-bond donors (Lipinski definition) is 2. The zero-order valence-electron chi connectivity index (χ0n) is 11.1. The summed E-state index contributed by atoms with van der Waals surface area (Å²) in [6.45, 7) is 3.75. The van der Waals surface area contributed by atoms with E-state index in [4.69, 9.17) is 5.11 Å². The summed E-state index contributed by atoms with van der Waals surface area (Å²) in [5.41, 5.74) is 1.77. The smallest absolute Gasteiger partial charge is 0.251 e. The van der Waals surface area contributed by atoms with E-state index in [0.29, 0.717) is 18.5 Å². The van der Waals surface area contributed by atoms with E-state index in [2.05, 4.69) is 17.1 Å². The van der Waals surface area contributed by atoms with Crippen LogP contribution in [0.2, 0.25) is 0 Å². The van der Waals surface area contributed by atoms with Crippen molar-refractivity contribution in [2.24, 2.45) is 0 Å². The maximum absolute atomic E-state index is 11.7. The van der Waals surface area contributed by atoms with E-state index in [9.17, 15) is 4.79 Å². The number of aliphatic hydroxyl groups is 1. The summed E-state index contributed by atoms with van der Waals surface area (Å²) in [4.78, 5) is 13.9. The molecule has 0 aliphatic heterocycles. The van der Waals surface area contributed by atoms with Crippen LogP contribution in [0.25, 0.3) is 0 Å². The summed E-state index contributed by atoms with van der Waals surface area (Å²) >= 11 is 0. The molecule has 2 N–H and O–H groups in total. The fourth-order valence-electron chi connectivity index (χ4n) is 1.71. The number of nitrogens with one attached hydrogen (secondary N) is 1. The molecular formula is C14H22N2O2. The van der Waals surface area contributed by atoms with Crippen molar-refractivity contribution < 1.29 is 9.90 Å². The second kappa shape index (κ2) is 7.71. The Balaban J connectivity index is 2.56. The Morgan fingerprint density at radius 2 is 2.00 bits per heavy atom. The van der Waals surface area contributed by atoms with Crippen LogP contribution in [0, 0.1) is 0 Å². The van der Waals surface area contributed by atoms with Crippen molar-refractivity contribution in [3.05, 3.63) is 29.8 Å². The molecule has 4 nitrogen and oxygen atoms in total. The van der Waals surface area contributed by atoms with Crippen LogP contribution in [0.15, 0.2) is 24.3 Å². The Morgan fingerprint density at radius 3 is 2.56 bits per heavy atom. The number of amides is 1. The summed E-state index contributed by atoms with van der Waals surface area (Å²) in [5, 5.41) is 11.4. The largest absolute Gasteiger partial charge is 0.396 e. The summed E-state index contributed by atoms with van der Waals surface area (Å²) in [5.74, 6) is -0.0897. The van der Waals surface area contributed by atoms with E-state index in [1.54, 1.807) is 0 Å². The predicted octanol–water partition coefficient (Wildman–Crippen LogP) is 1.64. The molecule has 100 valence electrons. The molecule has 18 heavy (non-hydrogen) atoms. The van der Waals surface area contributed by atoms with Gasteiger partial charge < -0.3 is 15.3 Å². The average Bonchev–Trinajstić information content (AvgIpc) is 2.39. The third-order valence-corrected chi connectivity index (χ3v) is 2.75. The molecule has 0 saturated carbocycles. The van der Waals surface area contributed by atoms with Crippen molar-refractivity contribution in [2.45, 2.75) is 19.8 Å². The molecule has 0 fully saturated rings. The SMILES string of the molecule is CCCN(C)c1ccc(C(=O)NCCCO)cc1. The molecule has 0 aliphatic carbocycles. The first kappa shape index (κ1) is 14.5. The van der Waals surface area contributed by atoms with Gasteiger partial charge in [-0.05, 0) is 37.1 Å². The highest BCUT2D eigenvalue weighted by Gasteiger charge is 2.05. The van der Waals surface area contributed by atoms with Crippen LogP contribution in [0.4, 0.5) is 5.69 Å². The fraction of sp³-hybridized carbons (Fsp3) is 0.500. The van der Waals surface area contributed by atoms with E-state index < -0.39 is 0 Å². The van der Waals surface area contributed by atoms with Gasteiger partial charge in [-0.25, -0.2) is 0 Å². The van der Waals surface area contributed by atoms with Crippen molar-refractivity contribution >= 4 is 11.6 Å². The molecular weight excluding hydrogens is 228 g/mol. The summed E-state index contributed by atoms with van der Waals surface area (Å²) in [7, 11) is 2.04. The zero-order valence-corrected chi connectivity index (χ0v) is 11.1. The van der Waals surface area contributed by atoms with Gasteiger partial charge >= 0.3 is 0 Å². The van der Waals surface area contributed by atoms with Gasteiger partial charge in [-0.1, -0.05) is 6.92 Å². The van der Waals surface area contributed by atoms with Gasteiger partial charge in [-0.15, -0.1) is 0 Å². The third-order valence-electron chi connectivity index (χ3n) is 2.75. The lowest BCUT2D eigenvalue weighted by molar-refractivity contribution is 0.0951. The summed E-state index contributed by atoms with van der Waals surface area (Å²) in [6, 6.07) is 7.57. The Morgan fingerprint density at radius 1 is 1.33 bits per heavy atom. The van der Waals surface area contributed by atoms with Crippen molar-refractivity contribution in [3.63, 3.8) is 0 Å². The molecule has 0 unspecified atom stereocenters. The van der Waals surface area contributed by atoms with Crippen LogP contribution in [-0.2, 0) is 0 Å². The number of rotatable bonds is 7. The normalized spacial score (nSPS) is 10.2. The number of anilines is 1. The number of benzene rings is 1. The van der Waals surface area contributed by atoms with Crippen LogP contribution in [-0.4, -0.2) is 37.8 Å². The molecule has 0 heterocycles. The fourth-order valence-corrected chi connectivity index (χ4v) is 1.71. The van der Waals surface area contributed by atoms with Gasteiger partial charge in [0.25, 0.3) is 5.91 Å². The highest BCUT2D eigenvalue weighted by molar-refractivity contribution is 5.94. The third kappa shape index (κ3) is 4.37. The van der Waals surface area contributed by atoms with Gasteiger partial charge in [-0.3, -0.25) is 4.79 Å². The van der Waals surface area contributed by atoms with Crippen LogP contribution in [0.5, 0.6) is 0 Å². The molecule has 0 radical (unpaired) electrons. The minimum atomic E-state index is -0.0897. The van der Waals surface area contributed by atoms with Gasteiger partial charge in [0.1, 0.15) is 0 Å². The van der Waals surface area contributed by atoms with Crippen LogP contribution < -0.4 is 10.2 Å². The van der Waals surface area contributed by atoms with Gasteiger partial charge in [-0.2, -0.15) is 0 Å². The van der Waals surface area contributed by atoms with E-state index in [0.717, 1.165) is 18.7 Å². The Bertz CT molecular complexity index is 363. The molecule has 0 bridgehead atoms. The van der Waals surface area contributed by atoms with Crippen LogP contribution in [0.1, 0.15) is 30.1 Å². The lowest BCUT2D eigenvalue weighted by Gasteiger charge is -2.18. The van der Waals surface area contributed by atoms with Crippen molar-refractivity contribution in [2.75, 3.05) is 31.6 Å². The highest BCUT2D eigenvalue weighted by atomic mass is 16.3. The Hall–Kier alpha value is -1.55. The van der Waals surface area contributed by atoms with Crippen molar-refractivity contribution in [1.29, 1.82) is 0 Å². The molecule has 0 aliphatic rings. The number of nitrogens with zero attached hydrogens (tertiary/aromatic N) is 1. The number of carbonyl (C=O) groups is 1. The molecule has 1 aromatic carbocycles. The molecule has 0 spiro atoms. The van der Waals surface area contributed by atoms with Gasteiger partial charge in [0.05, 0.1) is 0 Å². The second-order valence-electron chi connectivity index (χ2n) is 4.30. The van der Waals surface area contributed by atoms with E-state index in [1.807, 2.05) is 31.3 Å². The molecule has 1 amide bonds. The number of carbonyl (C=O) groups excluding carboxylic acids is 1. The summed E-state index contributed by atoms with van der Waals surface area (Å²) in [6.07, 6.45) is 1.68. The first-order valence-corrected chi connectivity index (χ1v) is 6.39. The van der Waals surface area contributed by atoms with Crippen LogP contribution in [0.3, 0.4) is 0 Å². The first-order valence-electron chi connectivity index (χ1n) is 6.39. The maximum Gasteiger partial charge on any atom is 0.251 e. The number of aliphatic hydroxyl groups excluding tert-OH is 1. The molecule has 1 rings (SSSR count). The summed E-state index contributed by atoms with van der Waals surface area (Å²) < 4.78 is 0. The van der Waals surface area contributed by atoms with Gasteiger partial charge in [0.2, 0.25) is 0 Å². The average molecular weight is 250 g/mol. The van der Waals surface area contributed by atoms with Crippen molar-refractivity contribution in [1.82, 2.24) is 5.32 Å². The van der Waals surface area contributed by atoms with Gasteiger partial charge in [0, 0.05) is 38.0 Å². The first-order chi connectivity index (χ1) is 8.69. The Labute approximate surface area is 109 Å². The lowest BCUT2D eigenvalue weighted by atomic mass is 10.2. The molecule has 4 heteroatoms.